The van der Waals surface area contributed by atoms with Crippen molar-refractivity contribution in [2.75, 3.05) is 22.9 Å². The molecule has 0 bridgehead atoms. The number of rotatable bonds is 1. The molecule has 1 aliphatic rings. The van der Waals surface area contributed by atoms with Crippen LogP contribution in [0, 0.1) is 5.92 Å². The second-order valence-electron chi connectivity index (χ2n) is 5.43. The van der Waals surface area contributed by atoms with Crippen LogP contribution in [-0.2, 0) is 4.79 Å². The Balaban J connectivity index is 2.08. The Morgan fingerprint density at radius 1 is 1.18 bits per heavy atom. The van der Waals surface area contributed by atoms with E-state index in [2.05, 4.69) is 8.75 Å². The van der Waals surface area contributed by atoms with Gasteiger partial charge < -0.3 is 9.80 Å². The van der Waals surface area contributed by atoms with Crippen molar-refractivity contribution >= 4 is 34.9 Å². The Bertz CT molecular complexity index is 701. The Morgan fingerprint density at radius 3 is 2.41 bits per heavy atom. The quantitative estimate of drug-likeness (QED) is 0.809. The predicted octanol–water partition coefficient (Wildman–Crippen LogP) is 2.19. The number of aromatic nitrogens is 2. The summed E-state index contributed by atoms with van der Waals surface area (Å²) in [5, 5.41) is 0. The van der Waals surface area contributed by atoms with Crippen molar-refractivity contribution in [2.45, 2.75) is 13.8 Å². The van der Waals surface area contributed by atoms with Crippen LogP contribution >= 0.6 is 11.7 Å². The van der Waals surface area contributed by atoms with Crippen LogP contribution < -0.4 is 9.80 Å². The Labute approximate surface area is 132 Å². The lowest BCUT2D eigenvalue weighted by Gasteiger charge is -2.24. The maximum absolute atomic E-state index is 12.7. The Kier molecular flexibility index (Phi) is 3.89. The number of para-hydroxylation sites is 2. The van der Waals surface area contributed by atoms with Crippen molar-refractivity contribution < 1.29 is 9.59 Å². The van der Waals surface area contributed by atoms with E-state index in [1.165, 1.54) is 6.20 Å². The van der Waals surface area contributed by atoms with E-state index in [1.807, 2.05) is 31.2 Å². The minimum atomic E-state index is -0.182. The molecule has 114 valence electrons. The fourth-order valence-electron chi connectivity index (χ4n) is 2.69. The van der Waals surface area contributed by atoms with E-state index < -0.39 is 0 Å². The summed E-state index contributed by atoms with van der Waals surface area (Å²) in [7, 11) is 0. The van der Waals surface area contributed by atoms with Gasteiger partial charge in [0.25, 0.3) is 5.91 Å². The molecular weight excluding hydrogens is 300 g/mol. The smallest absolute Gasteiger partial charge is 0.279 e. The molecule has 0 saturated heterocycles. The highest BCUT2D eigenvalue weighted by Crippen LogP contribution is 2.34. The summed E-state index contributed by atoms with van der Waals surface area (Å²) in [4.78, 5) is 28.1. The maximum atomic E-state index is 12.7. The van der Waals surface area contributed by atoms with Gasteiger partial charge in [-0.05, 0) is 18.1 Å². The van der Waals surface area contributed by atoms with Crippen LogP contribution in [0.5, 0.6) is 0 Å². The summed E-state index contributed by atoms with van der Waals surface area (Å²) < 4.78 is 7.93. The fraction of sp³-hybridized carbons (Fsp3) is 0.333. The predicted molar refractivity (Wildman–Crippen MR) is 85.2 cm³/mol. The standard InChI is InChI=1S/C15H16N4O2S/c1-10-8-18(11(2)20)13-5-3-4-6-14(13)19(9-10)15(21)12-7-16-22-17-12/h3-7,10H,8-9H2,1-2H3/t10-/m0/s1. The number of carbonyl (C=O) groups is 2. The van der Waals surface area contributed by atoms with E-state index in [9.17, 15) is 9.59 Å². The van der Waals surface area contributed by atoms with Crippen LogP contribution in [0.1, 0.15) is 24.3 Å². The van der Waals surface area contributed by atoms with Crippen LogP contribution in [0.3, 0.4) is 0 Å². The number of benzene rings is 1. The van der Waals surface area contributed by atoms with Crippen molar-refractivity contribution in [3.63, 3.8) is 0 Å². The lowest BCUT2D eigenvalue weighted by atomic mass is 10.1. The van der Waals surface area contributed by atoms with Gasteiger partial charge in [-0.1, -0.05) is 19.1 Å². The van der Waals surface area contributed by atoms with E-state index in [4.69, 9.17) is 0 Å². The average Bonchev–Trinajstić information content (AvgIpc) is 2.99. The van der Waals surface area contributed by atoms with E-state index in [0.29, 0.717) is 18.8 Å². The van der Waals surface area contributed by atoms with Crippen molar-refractivity contribution in [1.82, 2.24) is 8.75 Å². The molecule has 0 spiro atoms. The number of fused-ring (bicyclic) bond motifs is 1. The average molecular weight is 316 g/mol. The molecule has 1 aromatic heterocycles. The van der Waals surface area contributed by atoms with Gasteiger partial charge in [-0.2, -0.15) is 8.75 Å². The first kappa shape index (κ1) is 14.6. The van der Waals surface area contributed by atoms with E-state index >= 15 is 0 Å². The Hall–Kier alpha value is -2.28. The highest BCUT2D eigenvalue weighted by Gasteiger charge is 2.30. The van der Waals surface area contributed by atoms with Gasteiger partial charge >= 0.3 is 0 Å². The van der Waals surface area contributed by atoms with Crippen LogP contribution in [0.25, 0.3) is 0 Å². The van der Waals surface area contributed by atoms with E-state index in [-0.39, 0.29) is 17.7 Å². The highest BCUT2D eigenvalue weighted by molar-refractivity contribution is 6.99. The van der Waals surface area contributed by atoms with Crippen molar-refractivity contribution in [1.29, 1.82) is 0 Å². The zero-order valence-corrected chi connectivity index (χ0v) is 13.2. The molecule has 1 aromatic carbocycles. The first-order valence-electron chi connectivity index (χ1n) is 7.04. The van der Waals surface area contributed by atoms with Crippen molar-refractivity contribution in [3.8, 4) is 0 Å². The monoisotopic (exact) mass is 316 g/mol. The van der Waals surface area contributed by atoms with Gasteiger partial charge in [0.1, 0.15) is 0 Å². The third-order valence-corrected chi connectivity index (χ3v) is 4.14. The first-order chi connectivity index (χ1) is 10.6. The molecule has 0 radical (unpaired) electrons. The van der Waals surface area contributed by atoms with Gasteiger partial charge in [0, 0.05) is 20.0 Å². The molecule has 22 heavy (non-hydrogen) atoms. The zero-order chi connectivity index (χ0) is 15.7. The molecule has 0 aliphatic carbocycles. The lowest BCUT2D eigenvalue weighted by Crippen LogP contribution is -2.36. The molecule has 0 unspecified atom stereocenters. The molecular formula is C15H16N4O2S. The molecule has 6 nitrogen and oxygen atoms in total. The molecule has 2 amide bonds. The second-order valence-corrected chi connectivity index (χ2v) is 5.99. The number of amides is 2. The van der Waals surface area contributed by atoms with Crippen LogP contribution in [0.15, 0.2) is 30.5 Å². The number of hydrogen-bond acceptors (Lipinski definition) is 5. The zero-order valence-electron chi connectivity index (χ0n) is 12.4. The van der Waals surface area contributed by atoms with Crippen molar-refractivity contribution in [2.24, 2.45) is 5.92 Å². The molecule has 0 saturated carbocycles. The first-order valence-corrected chi connectivity index (χ1v) is 7.77. The van der Waals surface area contributed by atoms with Crippen LogP contribution in [0.2, 0.25) is 0 Å². The van der Waals surface area contributed by atoms with Gasteiger partial charge in [-0.25, -0.2) is 0 Å². The number of nitrogens with zero attached hydrogens (tertiary/aromatic N) is 4. The molecule has 1 aliphatic heterocycles. The van der Waals surface area contributed by atoms with E-state index in [1.54, 1.807) is 16.7 Å². The van der Waals surface area contributed by atoms with Gasteiger partial charge in [0.05, 0.1) is 29.3 Å². The summed E-state index contributed by atoms with van der Waals surface area (Å²) in [6.07, 6.45) is 1.48. The highest BCUT2D eigenvalue weighted by atomic mass is 32.1. The van der Waals surface area contributed by atoms with Gasteiger partial charge in [-0.15, -0.1) is 0 Å². The minimum absolute atomic E-state index is 0.0241. The summed E-state index contributed by atoms with van der Waals surface area (Å²) in [6.45, 7) is 4.70. The van der Waals surface area contributed by atoms with Crippen molar-refractivity contribution in [3.05, 3.63) is 36.2 Å². The third kappa shape index (κ3) is 2.59. The number of carbonyl (C=O) groups excluding carboxylic acids is 2. The molecule has 2 heterocycles. The normalized spacial score (nSPS) is 17.8. The molecule has 1 atom stereocenters. The summed E-state index contributed by atoms with van der Waals surface area (Å²) in [5.74, 6) is -0.0470. The molecule has 0 N–H and O–H groups in total. The summed E-state index contributed by atoms with van der Waals surface area (Å²) in [5.41, 5.74) is 1.83. The molecule has 3 rings (SSSR count). The Morgan fingerprint density at radius 2 is 1.82 bits per heavy atom. The number of anilines is 2. The summed E-state index contributed by atoms with van der Waals surface area (Å²) >= 11 is 1.01. The SMILES string of the molecule is CC(=O)N1C[C@H](C)CN(C(=O)c2cnsn2)c2ccccc21. The largest absolute Gasteiger partial charge is 0.310 e. The fourth-order valence-corrected chi connectivity index (χ4v) is 3.09. The number of hydrogen-bond donors (Lipinski definition) is 0. The maximum Gasteiger partial charge on any atom is 0.279 e. The van der Waals surface area contributed by atoms with Gasteiger partial charge in [-0.3, -0.25) is 9.59 Å². The molecule has 2 aromatic rings. The topological polar surface area (TPSA) is 66.4 Å². The van der Waals surface area contributed by atoms with Crippen LogP contribution in [-0.4, -0.2) is 33.7 Å². The van der Waals surface area contributed by atoms with Crippen LogP contribution in [0.4, 0.5) is 11.4 Å². The molecule has 7 heteroatoms. The second kappa shape index (κ2) is 5.84. The third-order valence-electron chi connectivity index (χ3n) is 3.66. The molecule has 0 fully saturated rings. The minimum Gasteiger partial charge on any atom is -0.310 e. The van der Waals surface area contributed by atoms with Gasteiger partial charge in [0.15, 0.2) is 5.69 Å². The lowest BCUT2D eigenvalue weighted by molar-refractivity contribution is -0.116. The summed E-state index contributed by atoms with van der Waals surface area (Å²) in [6, 6.07) is 7.47. The van der Waals surface area contributed by atoms with E-state index in [0.717, 1.165) is 23.1 Å². The van der Waals surface area contributed by atoms with Gasteiger partial charge in [0.2, 0.25) is 5.91 Å².